The van der Waals surface area contributed by atoms with E-state index in [0.717, 1.165) is 19.5 Å². The number of hydrogen-bond donors (Lipinski definition) is 1. The fraction of sp³-hybridized carbons (Fsp3) is 0.474. The van der Waals surface area contributed by atoms with Crippen LogP contribution in [-0.4, -0.2) is 37.7 Å². The molecular weight excluding hydrogens is 351 g/mol. The van der Waals surface area contributed by atoms with E-state index in [-0.39, 0.29) is 17.7 Å². The van der Waals surface area contributed by atoms with Crippen molar-refractivity contribution in [3.05, 3.63) is 46.3 Å². The van der Waals surface area contributed by atoms with Gasteiger partial charge >= 0.3 is 0 Å². The first-order chi connectivity index (χ1) is 12.6. The van der Waals surface area contributed by atoms with Gasteiger partial charge in [0.1, 0.15) is 5.82 Å². The average Bonchev–Trinajstić information content (AvgIpc) is 3.17. The molecule has 1 aromatic carbocycles. The third-order valence-corrected chi connectivity index (χ3v) is 6.13. The normalized spacial score (nSPS) is 19.9. The van der Waals surface area contributed by atoms with Crippen molar-refractivity contribution >= 4 is 16.3 Å². The van der Waals surface area contributed by atoms with Crippen LogP contribution in [0.2, 0.25) is 0 Å². The smallest absolute Gasteiger partial charge is 0.230 e. The summed E-state index contributed by atoms with van der Waals surface area (Å²) in [6.45, 7) is 5.97. The third kappa shape index (κ3) is 2.99. The fourth-order valence-electron chi connectivity index (χ4n) is 3.78. The van der Waals surface area contributed by atoms with E-state index in [1.807, 2.05) is 19.1 Å². The lowest BCUT2D eigenvalue weighted by molar-refractivity contribution is 0.147. The fourth-order valence-corrected chi connectivity index (χ4v) is 4.91. The summed E-state index contributed by atoms with van der Waals surface area (Å²) in [7, 11) is 0. The van der Waals surface area contributed by atoms with E-state index >= 15 is 0 Å². The van der Waals surface area contributed by atoms with Gasteiger partial charge in [-0.25, -0.2) is 9.37 Å². The molecule has 1 N–H and O–H groups in total. The Morgan fingerprint density at radius 1 is 1.38 bits per heavy atom. The summed E-state index contributed by atoms with van der Waals surface area (Å²) >= 11 is 1.40. The van der Waals surface area contributed by atoms with Crippen molar-refractivity contribution in [2.24, 2.45) is 5.92 Å². The minimum Gasteiger partial charge on any atom is -0.492 e. The lowest BCUT2D eigenvalue weighted by atomic mass is 9.95. The number of aromatic hydroxyl groups is 1. The van der Waals surface area contributed by atoms with Gasteiger partial charge in [-0.2, -0.15) is 4.52 Å². The summed E-state index contributed by atoms with van der Waals surface area (Å²) < 4.78 is 16.2. The van der Waals surface area contributed by atoms with Crippen LogP contribution in [0.4, 0.5) is 4.39 Å². The van der Waals surface area contributed by atoms with Gasteiger partial charge in [-0.15, -0.1) is 5.10 Å². The third-order valence-electron chi connectivity index (χ3n) is 5.06. The number of likely N-dealkylation sites (tertiary alicyclic amines) is 1. The zero-order chi connectivity index (χ0) is 18.3. The predicted molar refractivity (Wildman–Crippen MR) is 100 cm³/mol. The summed E-state index contributed by atoms with van der Waals surface area (Å²) in [5, 5.41) is 15.2. The minimum absolute atomic E-state index is 0.0729. The number of thiazole rings is 1. The van der Waals surface area contributed by atoms with Crippen LogP contribution >= 0.6 is 11.3 Å². The second kappa shape index (κ2) is 6.96. The number of fused-ring (bicyclic) bond motifs is 1. The second-order valence-electron chi connectivity index (χ2n) is 7.03. The molecule has 7 heteroatoms. The topological polar surface area (TPSA) is 53.7 Å². The summed E-state index contributed by atoms with van der Waals surface area (Å²) in [5.74, 6) is 1.08. The van der Waals surface area contributed by atoms with Crippen LogP contribution in [0.3, 0.4) is 0 Å². The van der Waals surface area contributed by atoms with E-state index in [0.29, 0.717) is 33.6 Å². The van der Waals surface area contributed by atoms with Crippen LogP contribution < -0.4 is 0 Å². The lowest BCUT2D eigenvalue weighted by Gasteiger charge is -2.37. The Hall–Kier alpha value is -1.99. The Labute approximate surface area is 156 Å². The highest BCUT2D eigenvalue weighted by Crippen LogP contribution is 2.42. The number of aryl methyl sites for hydroxylation is 1. The van der Waals surface area contributed by atoms with Gasteiger partial charge in [0, 0.05) is 18.5 Å². The molecule has 138 valence electrons. The molecule has 0 radical (unpaired) electrons. The van der Waals surface area contributed by atoms with Gasteiger partial charge in [0.05, 0.1) is 10.9 Å². The molecule has 2 unspecified atom stereocenters. The van der Waals surface area contributed by atoms with Crippen molar-refractivity contribution in [1.82, 2.24) is 19.5 Å². The van der Waals surface area contributed by atoms with Gasteiger partial charge in [-0.05, 0) is 31.4 Å². The van der Waals surface area contributed by atoms with E-state index in [2.05, 4.69) is 21.9 Å². The van der Waals surface area contributed by atoms with E-state index in [4.69, 9.17) is 0 Å². The largest absolute Gasteiger partial charge is 0.492 e. The predicted octanol–water partition coefficient (Wildman–Crippen LogP) is 4.02. The highest BCUT2D eigenvalue weighted by atomic mass is 32.1. The lowest BCUT2D eigenvalue weighted by Crippen LogP contribution is -2.38. The Bertz CT molecular complexity index is 922. The van der Waals surface area contributed by atoms with Gasteiger partial charge in [-0.3, -0.25) is 4.90 Å². The van der Waals surface area contributed by atoms with Gasteiger partial charge in [0.25, 0.3) is 0 Å². The minimum atomic E-state index is -0.322. The number of benzene rings is 1. The highest BCUT2D eigenvalue weighted by molar-refractivity contribution is 7.17. The standard InChI is InChI=1S/C19H23FN4OS/c1-3-15-21-19-24(22-15)18(25)17(26-19)16(13-8-4-5-9-14(13)20)23-10-6-7-12(2)11-23/h4-5,8-9,12,16,25H,3,6-7,10-11H2,1-2H3. The van der Waals surface area contributed by atoms with Crippen molar-refractivity contribution in [2.45, 2.75) is 39.2 Å². The number of piperidine rings is 1. The number of nitrogens with zero attached hydrogens (tertiary/aromatic N) is 4. The van der Waals surface area contributed by atoms with E-state index in [1.165, 1.54) is 28.3 Å². The van der Waals surface area contributed by atoms with E-state index in [9.17, 15) is 9.50 Å². The van der Waals surface area contributed by atoms with Crippen molar-refractivity contribution in [3.8, 4) is 5.88 Å². The first-order valence-electron chi connectivity index (χ1n) is 9.14. The van der Waals surface area contributed by atoms with Crippen LogP contribution in [0.25, 0.3) is 4.96 Å². The Morgan fingerprint density at radius 3 is 2.88 bits per heavy atom. The van der Waals surface area contributed by atoms with Crippen molar-refractivity contribution in [2.75, 3.05) is 13.1 Å². The zero-order valence-corrected chi connectivity index (χ0v) is 15.8. The molecule has 1 aliphatic rings. The molecule has 0 bridgehead atoms. The van der Waals surface area contributed by atoms with Crippen molar-refractivity contribution in [1.29, 1.82) is 0 Å². The van der Waals surface area contributed by atoms with Gasteiger partial charge in [0.2, 0.25) is 10.8 Å². The monoisotopic (exact) mass is 374 g/mol. The van der Waals surface area contributed by atoms with Crippen LogP contribution in [0.15, 0.2) is 24.3 Å². The van der Waals surface area contributed by atoms with E-state index < -0.39 is 0 Å². The summed E-state index contributed by atoms with van der Waals surface area (Å²) in [4.78, 5) is 8.11. The summed E-state index contributed by atoms with van der Waals surface area (Å²) in [5.41, 5.74) is 0.595. The molecule has 1 saturated heterocycles. The van der Waals surface area contributed by atoms with Crippen LogP contribution in [0.5, 0.6) is 5.88 Å². The molecule has 3 heterocycles. The average molecular weight is 374 g/mol. The molecule has 0 spiro atoms. The molecule has 0 saturated carbocycles. The quantitative estimate of drug-likeness (QED) is 0.749. The number of aromatic nitrogens is 3. The maximum atomic E-state index is 14.7. The maximum absolute atomic E-state index is 14.7. The number of rotatable bonds is 4. The van der Waals surface area contributed by atoms with E-state index in [1.54, 1.807) is 6.07 Å². The molecule has 1 fully saturated rings. The molecule has 1 aliphatic heterocycles. The maximum Gasteiger partial charge on any atom is 0.230 e. The molecule has 5 nitrogen and oxygen atoms in total. The Morgan fingerprint density at radius 2 is 2.19 bits per heavy atom. The first kappa shape index (κ1) is 17.4. The first-order valence-corrected chi connectivity index (χ1v) is 9.96. The van der Waals surface area contributed by atoms with Gasteiger partial charge in [-0.1, -0.05) is 43.4 Å². The SMILES string of the molecule is CCc1nc2sc(C(c3ccccc3F)N3CCCC(C)C3)c(O)n2n1. The summed E-state index contributed by atoms with van der Waals surface area (Å²) in [6, 6.07) is 6.52. The van der Waals surface area contributed by atoms with Gasteiger partial charge < -0.3 is 5.11 Å². The van der Waals surface area contributed by atoms with Gasteiger partial charge in [0.15, 0.2) is 5.82 Å². The van der Waals surface area contributed by atoms with Crippen LogP contribution in [0, 0.1) is 11.7 Å². The Kier molecular flexibility index (Phi) is 4.67. The molecule has 2 aromatic heterocycles. The molecular formula is C19H23FN4OS. The van der Waals surface area contributed by atoms with Crippen molar-refractivity contribution in [3.63, 3.8) is 0 Å². The Balaban J connectivity index is 1.84. The number of hydrogen-bond acceptors (Lipinski definition) is 5. The van der Waals surface area contributed by atoms with Crippen LogP contribution in [-0.2, 0) is 6.42 Å². The highest BCUT2D eigenvalue weighted by Gasteiger charge is 2.33. The van der Waals surface area contributed by atoms with Crippen LogP contribution in [0.1, 0.15) is 49.0 Å². The number of halogens is 1. The molecule has 26 heavy (non-hydrogen) atoms. The molecule has 4 rings (SSSR count). The summed E-state index contributed by atoms with van der Waals surface area (Å²) in [6.07, 6.45) is 2.97. The second-order valence-corrected chi connectivity index (χ2v) is 8.04. The molecule has 0 amide bonds. The molecule has 0 aliphatic carbocycles. The molecule has 3 aromatic rings. The van der Waals surface area contributed by atoms with Crippen molar-refractivity contribution < 1.29 is 9.50 Å². The molecule has 2 atom stereocenters. The zero-order valence-electron chi connectivity index (χ0n) is 15.0.